The summed E-state index contributed by atoms with van der Waals surface area (Å²) in [5, 5.41) is 0. The van der Waals surface area contributed by atoms with Crippen LogP contribution in [0.4, 0.5) is 0 Å². The lowest BCUT2D eigenvalue weighted by Gasteiger charge is -2.16. The van der Waals surface area contributed by atoms with Crippen LogP contribution in [0.2, 0.25) is 0 Å². The van der Waals surface area contributed by atoms with Crippen molar-refractivity contribution in [2.24, 2.45) is 0 Å². The van der Waals surface area contributed by atoms with Gasteiger partial charge in [-0.25, -0.2) is 0 Å². The predicted molar refractivity (Wildman–Crippen MR) is 53.4 cm³/mol. The van der Waals surface area contributed by atoms with E-state index in [-0.39, 0.29) is 0 Å². The third-order valence-electron chi connectivity index (χ3n) is 2.14. The van der Waals surface area contributed by atoms with Crippen molar-refractivity contribution in [2.45, 2.75) is 32.2 Å². The van der Waals surface area contributed by atoms with Crippen LogP contribution in [-0.2, 0) is 10.1 Å². The molecule has 0 saturated carbocycles. The van der Waals surface area contributed by atoms with Crippen LogP contribution in [0.25, 0.3) is 0 Å². The van der Waals surface area contributed by atoms with Gasteiger partial charge in [0.05, 0.1) is 6.26 Å². The molecule has 1 rings (SSSR count). The van der Waals surface area contributed by atoms with Gasteiger partial charge < -0.3 is 4.90 Å². The molecule has 1 heterocycles. The van der Waals surface area contributed by atoms with E-state index in [1.165, 1.54) is 25.8 Å². The molecule has 0 bridgehead atoms. The molecule has 1 aliphatic rings. The summed E-state index contributed by atoms with van der Waals surface area (Å²) in [5.74, 6) is 0. The maximum absolute atomic E-state index is 9.19. The van der Waals surface area contributed by atoms with Crippen molar-refractivity contribution in [1.29, 1.82) is 0 Å². The van der Waals surface area contributed by atoms with Crippen molar-refractivity contribution < 1.29 is 13.0 Å². The summed E-state index contributed by atoms with van der Waals surface area (Å²) in [7, 11) is -1.44. The van der Waals surface area contributed by atoms with E-state index in [0.29, 0.717) is 6.26 Å². The highest BCUT2D eigenvalue weighted by atomic mass is 32.2. The van der Waals surface area contributed by atoms with Crippen LogP contribution >= 0.6 is 0 Å². The zero-order valence-electron chi connectivity index (χ0n) is 8.52. The maximum Gasteiger partial charge on any atom is 0.261 e. The monoisotopic (exact) mass is 209 g/mol. The molecule has 13 heavy (non-hydrogen) atoms. The SMILES string of the molecule is CCC1CCCN1C.CS(=O)(=O)O. The van der Waals surface area contributed by atoms with E-state index in [4.69, 9.17) is 4.55 Å². The van der Waals surface area contributed by atoms with Gasteiger partial charge in [0.25, 0.3) is 10.1 Å². The lowest BCUT2D eigenvalue weighted by molar-refractivity contribution is 0.304. The first-order valence-electron chi connectivity index (χ1n) is 4.47. The zero-order chi connectivity index (χ0) is 10.5. The molecule has 1 fully saturated rings. The highest BCUT2D eigenvalue weighted by Gasteiger charge is 2.17. The second-order valence-electron chi connectivity index (χ2n) is 3.42. The Balaban J connectivity index is 0.000000252. The van der Waals surface area contributed by atoms with Crippen LogP contribution in [0.1, 0.15) is 26.2 Å². The van der Waals surface area contributed by atoms with Gasteiger partial charge in [-0.15, -0.1) is 0 Å². The highest BCUT2D eigenvalue weighted by molar-refractivity contribution is 7.85. The highest BCUT2D eigenvalue weighted by Crippen LogP contribution is 2.16. The van der Waals surface area contributed by atoms with Crippen LogP contribution in [0, 0.1) is 0 Å². The summed E-state index contributed by atoms with van der Waals surface area (Å²) < 4.78 is 25.9. The van der Waals surface area contributed by atoms with Crippen molar-refractivity contribution in [3.63, 3.8) is 0 Å². The second kappa shape index (κ2) is 5.57. The third-order valence-corrected chi connectivity index (χ3v) is 2.14. The Kier molecular flexibility index (Phi) is 5.51. The van der Waals surface area contributed by atoms with Crippen molar-refractivity contribution in [2.75, 3.05) is 19.8 Å². The minimum absolute atomic E-state index is 0.715. The van der Waals surface area contributed by atoms with Crippen LogP contribution in [0.3, 0.4) is 0 Å². The fourth-order valence-electron chi connectivity index (χ4n) is 1.50. The van der Waals surface area contributed by atoms with Crippen LogP contribution in [0.5, 0.6) is 0 Å². The standard InChI is InChI=1S/C7H15N.CH4O3S/c1-3-7-5-4-6-8(7)2;1-5(2,3)4/h7H,3-6H2,1-2H3;1H3,(H,2,3,4). The van der Waals surface area contributed by atoms with E-state index in [0.717, 1.165) is 6.04 Å². The Hall–Kier alpha value is -0.130. The summed E-state index contributed by atoms with van der Waals surface area (Å²) >= 11 is 0. The van der Waals surface area contributed by atoms with Gasteiger partial charge in [-0.2, -0.15) is 8.42 Å². The molecule has 0 spiro atoms. The molecule has 1 saturated heterocycles. The first-order chi connectivity index (χ1) is 5.84. The molecule has 0 aromatic rings. The smallest absolute Gasteiger partial charge is 0.261 e. The number of likely N-dealkylation sites (tertiary alicyclic amines) is 1. The predicted octanol–water partition coefficient (Wildman–Crippen LogP) is 0.995. The molecule has 0 amide bonds. The molecule has 1 atom stereocenters. The summed E-state index contributed by atoms with van der Waals surface area (Å²) in [6.45, 7) is 3.59. The Morgan fingerprint density at radius 3 is 2.15 bits per heavy atom. The van der Waals surface area contributed by atoms with Gasteiger partial charge in [-0.1, -0.05) is 6.92 Å². The molecule has 5 heteroatoms. The van der Waals surface area contributed by atoms with E-state index in [2.05, 4.69) is 18.9 Å². The van der Waals surface area contributed by atoms with Gasteiger partial charge in [-0.05, 0) is 32.9 Å². The number of hydrogen-bond donors (Lipinski definition) is 1. The molecule has 0 aromatic heterocycles. The van der Waals surface area contributed by atoms with E-state index >= 15 is 0 Å². The van der Waals surface area contributed by atoms with Gasteiger partial charge in [0, 0.05) is 6.04 Å². The molecule has 0 aromatic carbocycles. The fraction of sp³-hybridized carbons (Fsp3) is 1.00. The topological polar surface area (TPSA) is 57.6 Å². The number of rotatable bonds is 1. The normalized spacial score (nSPS) is 23.8. The fourth-order valence-corrected chi connectivity index (χ4v) is 1.50. The second-order valence-corrected chi connectivity index (χ2v) is 4.88. The van der Waals surface area contributed by atoms with E-state index in [1.807, 2.05) is 0 Å². The Morgan fingerprint density at radius 1 is 1.54 bits per heavy atom. The number of hydrogen-bond acceptors (Lipinski definition) is 3. The largest absolute Gasteiger partial charge is 0.303 e. The van der Waals surface area contributed by atoms with Crippen LogP contribution in [-0.4, -0.2) is 43.8 Å². The van der Waals surface area contributed by atoms with Gasteiger partial charge in [0.1, 0.15) is 0 Å². The molecular weight excluding hydrogens is 190 g/mol. The lowest BCUT2D eigenvalue weighted by atomic mass is 10.2. The average molecular weight is 209 g/mol. The van der Waals surface area contributed by atoms with E-state index in [1.54, 1.807) is 0 Å². The van der Waals surface area contributed by atoms with Crippen molar-refractivity contribution in [3.05, 3.63) is 0 Å². The van der Waals surface area contributed by atoms with E-state index < -0.39 is 10.1 Å². The van der Waals surface area contributed by atoms with Crippen molar-refractivity contribution in [1.82, 2.24) is 4.90 Å². The maximum atomic E-state index is 9.19. The molecular formula is C8H19NO3S. The number of nitrogens with zero attached hydrogens (tertiary/aromatic N) is 1. The molecule has 4 nitrogen and oxygen atoms in total. The first-order valence-corrected chi connectivity index (χ1v) is 6.32. The summed E-state index contributed by atoms with van der Waals surface area (Å²) in [6.07, 6.45) is 4.88. The van der Waals surface area contributed by atoms with Crippen LogP contribution in [0.15, 0.2) is 0 Å². The molecule has 80 valence electrons. The van der Waals surface area contributed by atoms with Gasteiger partial charge in [0.2, 0.25) is 0 Å². The minimum Gasteiger partial charge on any atom is -0.303 e. The Morgan fingerprint density at radius 2 is 2.00 bits per heavy atom. The minimum atomic E-state index is -3.67. The van der Waals surface area contributed by atoms with Gasteiger partial charge >= 0.3 is 0 Å². The molecule has 1 N–H and O–H groups in total. The van der Waals surface area contributed by atoms with E-state index in [9.17, 15) is 8.42 Å². The van der Waals surface area contributed by atoms with Crippen LogP contribution < -0.4 is 0 Å². The molecule has 0 radical (unpaired) electrons. The quantitative estimate of drug-likeness (QED) is 0.654. The third kappa shape index (κ3) is 8.21. The molecule has 1 aliphatic heterocycles. The molecule has 1 unspecified atom stereocenters. The van der Waals surface area contributed by atoms with Gasteiger partial charge in [0.15, 0.2) is 0 Å². The zero-order valence-corrected chi connectivity index (χ0v) is 9.34. The first kappa shape index (κ1) is 12.9. The summed E-state index contributed by atoms with van der Waals surface area (Å²) in [5.41, 5.74) is 0. The lowest BCUT2D eigenvalue weighted by Crippen LogP contribution is -2.23. The van der Waals surface area contributed by atoms with Gasteiger partial charge in [-0.3, -0.25) is 4.55 Å². The van der Waals surface area contributed by atoms with Crippen molar-refractivity contribution in [3.8, 4) is 0 Å². The van der Waals surface area contributed by atoms with Crippen molar-refractivity contribution >= 4 is 10.1 Å². The average Bonchev–Trinajstić information content (AvgIpc) is 2.31. The Bertz CT molecular complexity index is 218. The summed E-state index contributed by atoms with van der Waals surface area (Å²) in [6, 6.07) is 0.898. The Labute approximate surface area is 80.7 Å². The summed E-state index contributed by atoms with van der Waals surface area (Å²) in [4.78, 5) is 2.46. The molecule has 0 aliphatic carbocycles.